The van der Waals surface area contributed by atoms with Crippen LogP contribution in [0, 0.1) is 11.3 Å². The molecule has 1 saturated carbocycles. The van der Waals surface area contributed by atoms with Gasteiger partial charge in [0.15, 0.2) is 0 Å². The standard InChI is InChI=1S/C20H23N3O2S/c1-25-16-8-4-5-14(9-16)17-10-19(24)23-12-22(15-6-2-3-7-15)13-26-20(23)18(17)11-21/h4-5,8-9,15,17H,2-3,6-7,10,12-13H2,1H3. The van der Waals surface area contributed by atoms with Gasteiger partial charge in [-0.05, 0) is 30.5 Å². The summed E-state index contributed by atoms with van der Waals surface area (Å²) in [5, 5.41) is 10.7. The van der Waals surface area contributed by atoms with Crippen molar-refractivity contribution in [3.05, 3.63) is 40.4 Å². The molecule has 0 aromatic heterocycles. The molecule has 26 heavy (non-hydrogen) atoms. The minimum absolute atomic E-state index is 0.113. The van der Waals surface area contributed by atoms with E-state index in [1.165, 1.54) is 25.7 Å². The summed E-state index contributed by atoms with van der Waals surface area (Å²) in [6.45, 7) is 0.627. The molecular formula is C20H23N3O2S. The van der Waals surface area contributed by atoms with Crippen molar-refractivity contribution in [2.75, 3.05) is 19.7 Å². The van der Waals surface area contributed by atoms with Crippen molar-refractivity contribution in [2.24, 2.45) is 0 Å². The number of carbonyl (C=O) groups is 1. The van der Waals surface area contributed by atoms with Crippen molar-refractivity contribution >= 4 is 17.7 Å². The minimum atomic E-state index is -0.181. The first kappa shape index (κ1) is 17.4. The Morgan fingerprint density at radius 1 is 1.31 bits per heavy atom. The highest BCUT2D eigenvalue weighted by atomic mass is 32.2. The monoisotopic (exact) mass is 369 g/mol. The lowest BCUT2D eigenvalue weighted by atomic mass is 9.86. The minimum Gasteiger partial charge on any atom is -0.497 e. The van der Waals surface area contributed by atoms with Crippen molar-refractivity contribution in [3.8, 4) is 11.8 Å². The van der Waals surface area contributed by atoms with E-state index in [0.29, 0.717) is 24.7 Å². The fourth-order valence-electron chi connectivity index (χ4n) is 4.22. The van der Waals surface area contributed by atoms with Gasteiger partial charge in [0.25, 0.3) is 0 Å². The van der Waals surface area contributed by atoms with E-state index in [9.17, 15) is 10.1 Å². The van der Waals surface area contributed by atoms with Crippen LogP contribution in [0.2, 0.25) is 0 Å². The van der Waals surface area contributed by atoms with E-state index in [1.54, 1.807) is 18.9 Å². The first-order valence-electron chi connectivity index (χ1n) is 9.16. The maximum atomic E-state index is 12.9. The molecule has 2 heterocycles. The normalized spacial score (nSPS) is 24.5. The van der Waals surface area contributed by atoms with Crippen LogP contribution in [0.3, 0.4) is 0 Å². The summed E-state index contributed by atoms with van der Waals surface area (Å²) in [6, 6.07) is 10.7. The zero-order chi connectivity index (χ0) is 18.1. The maximum absolute atomic E-state index is 12.9. The molecule has 3 aliphatic rings. The molecule has 1 aliphatic carbocycles. The van der Waals surface area contributed by atoms with Crippen molar-refractivity contribution in [1.29, 1.82) is 5.26 Å². The Hall–Kier alpha value is -1.97. The second-order valence-electron chi connectivity index (χ2n) is 7.13. The Morgan fingerprint density at radius 3 is 2.85 bits per heavy atom. The molecule has 1 unspecified atom stereocenters. The molecule has 136 valence electrons. The number of hydrogen-bond acceptors (Lipinski definition) is 5. The number of methoxy groups -OCH3 is 1. The summed E-state index contributed by atoms with van der Waals surface area (Å²) < 4.78 is 5.31. The van der Waals surface area contributed by atoms with Gasteiger partial charge in [-0.1, -0.05) is 36.7 Å². The van der Waals surface area contributed by atoms with Gasteiger partial charge >= 0.3 is 0 Å². The van der Waals surface area contributed by atoms with Gasteiger partial charge in [-0.3, -0.25) is 14.6 Å². The molecule has 1 saturated heterocycles. The lowest BCUT2D eigenvalue weighted by Gasteiger charge is -2.43. The average Bonchev–Trinajstić information content (AvgIpc) is 3.22. The van der Waals surface area contributed by atoms with E-state index in [4.69, 9.17) is 4.74 Å². The van der Waals surface area contributed by atoms with Crippen LogP contribution in [-0.4, -0.2) is 41.4 Å². The summed E-state index contributed by atoms with van der Waals surface area (Å²) in [4.78, 5) is 17.1. The number of allylic oxidation sites excluding steroid dienone is 1. The number of ether oxygens (including phenoxy) is 1. The van der Waals surface area contributed by atoms with Gasteiger partial charge in [0, 0.05) is 18.4 Å². The number of carbonyl (C=O) groups excluding carboxylic acids is 1. The first-order valence-corrected chi connectivity index (χ1v) is 10.1. The van der Waals surface area contributed by atoms with E-state index in [1.807, 2.05) is 29.2 Å². The lowest BCUT2D eigenvalue weighted by Crippen LogP contribution is -2.50. The van der Waals surface area contributed by atoms with Crippen LogP contribution in [-0.2, 0) is 4.79 Å². The smallest absolute Gasteiger partial charge is 0.229 e. The highest BCUT2D eigenvalue weighted by Gasteiger charge is 2.39. The molecule has 6 heteroatoms. The van der Waals surface area contributed by atoms with Crippen LogP contribution >= 0.6 is 11.8 Å². The lowest BCUT2D eigenvalue weighted by molar-refractivity contribution is -0.132. The SMILES string of the molecule is COc1cccc(C2CC(=O)N3CN(C4CCCC4)CSC3=C2C#N)c1. The van der Waals surface area contributed by atoms with E-state index in [-0.39, 0.29) is 11.8 Å². The van der Waals surface area contributed by atoms with Gasteiger partial charge in [-0.15, -0.1) is 0 Å². The molecule has 1 atom stereocenters. The molecule has 1 amide bonds. The Kier molecular flexibility index (Phi) is 4.92. The number of rotatable bonds is 3. The molecule has 0 radical (unpaired) electrons. The summed E-state index contributed by atoms with van der Waals surface area (Å²) >= 11 is 1.64. The number of nitriles is 1. The molecule has 1 aromatic rings. The molecule has 0 bridgehead atoms. The molecule has 0 spiro atoms. The third-order valence-corrected chi connectivity index (χ3v) is 6.83. The number of benzene rings is 1. The molecule has 1 aromatic carbocycles. The van der Waals surface area contributed by atoms with Gasteiger partial charge in [-0.2, -0.15) is 5.26 Å². The van der Waals surface area contributed by atoms with Crippen LogP contribution in [0.15, 0.2) is 34.9 Å². The fraction of sp³-hybridized carbons (Fsp3) is 0.500. The first-order chi connectivity index (χ1) is 12.7. The van der Waals surface area contributed by atoms with Gasteiger partial charge in [0.05, 0.1) is 36.3 Å². The van der Waals surface area contributed by atoms with E-state index >= 15 is 0 Å². The molecule has 2 aliphatic heterocycles. The second kappa shape index (κ2) is 7.34. The van der Waals surface area contributed by atoms with Gasteiger partial charge < -0.3 is 4.74 Å². The number of amides is 1. The predicted molar refractivity (Wildman–Crippen MR) is 101 cm³/mol. The van der Waals surface area contributed by atoms with Crippen LogP contribution in [0.4, 0.5) is 0 Å². The summed E-state index contributed by atoms with van der Waals surface area (Å²) in [5.41, 5.74) is 1.69. The van der Waals surface area contributed by atoms with Crippen molar-refractivity contribution in [3.63, 3.8) is 0 Å². The summed E-state index contributed by atoms with van der Waals surface area (Å²) in [5.74, 6) is 1.55. The van der Waals surface area contributed by atoms with Crippen LogP contribution in [0.5, 0.6) is 5.75 Å². The fourth-order valence-corrected chi connectivity index (χ4v) is 5.46. The zero-order valence-electron chi connectivity index (χ0n) is 15.0. The quantitative estimate of drug-likeness (QED) is 0.814. The number of fused-ring (bicyclic) bond motifs is 1. The highest BCUT2D eigenvalue weighted by molar-refractivity contribution is 8.03. The van der Waals surface area contributed by atoms with Crippen LogP contribution < -0.4 is 4.74 Å². The van der Waals surface area contributed by atoms with Gasteiger partial charge in [0.1, 0.15) is 5.75 Å². The number of hydrogen-bond donors (Lipinski definition) is 0. The number of nitrogens with zero attached hydrogens (tertiary/aromatic N) is 3. The Labute approximate surface area is 158 Å². The van der Waals surface area contributed by atoms with Crippen LogP contribution in [0.1, 0.15) is 43.6 Å². The second-order valence-corrected chi connectivity index (χ2v) is 8.06. The molecular weight excluding hydrogens is 346 g/mol. The Balaban J connectivity index is 1.64. The molecule has 2 fully saturated rings. The maximum Gasteiger partial charge on any atom is 0.229 e. The van der Waals surface area contributed by atoms with E-state index in [0.717, 1.165) is 22.2 Å². The largest absolute Gasteiger partial charge is 0.497 e. The third kappa shape index (κ3) is 3.10. The van der Waals surface area contributed by atoms with Crippen molar-refractivity contribution in [2.45, 2.75) is 44.1 Å². The Bertz CT molecular complexity index is 780. The molecule has 0 N–H and O–H groups in total. The number of thioether (sulfide) groups is 1. The average molecular weight is 369 g/mol. The van der Waals surface area contributed by atoms with Gasteiger partial charge in [0.2, 0.25) is 5.91 Å². The van der Waals surface area contributed by atoms with Crippen molar-refractivity contribution < 1.29 is 9.53 Å². The third-order valence-electron chi connectivity index (χ3n) is 5.65. The van der Waals surface area contributed by atoms with Crippen molar-refractivity contribution in [1.82, 2.24) is 9.80 Å². The summed E-state index contributed by atoms with van der Waals surface area (Å²) in [7, 11) is 1.63. The zero-order valence-corrected chi connectivity index (χ0v) is 15.8. The molecule has 5 nitrogen and oxygen atoms in total. The van der Waals surface area contributed by atoms with Gasteiger partial charge in [-0.25, -0.2) is 0 Å². The van der Waals surface area contributed by atoms with E-state index < -0.39 is 0 Å². The highest BCUT2D eigenvalue weighted by Crippen LogP contribution is 2.44. The topological polar surface area (TPSA) is 56.6 Å². The van der Waals surface area contributed by atoms with Crippen LogP contribution in [0.25, 0.3) is 0 Å². The molecule has 4 rings (SSSR count). The van der Waals surface area contributed by atoms with E-state index in [2.05, 4.69) is 11.0 Å². The predicted octanol–water partition coefficient (Wildman–Crippen LogP) is 3.65. The summed E-state index contributed by atoms with van der Waals surface area (Å²) in [6.07, 6.45) is 5.35. The Morgan fingerprint density at radius 2 is 2.12 bits per heavy atom.